The van der Waals surface area contributed by atoms with Crippen molar-refractivity contribution < 1.29 is 0 Å². The Morgan fingerprint density at radius 1 is 0.958 bits per heavy atom. The molecule has 0 N–H and O–H groups in total. The molecule has 1 heterocycles. The Balaban J connectivity index is 1.76. The van der Waals surface area contributed by atoms with Gasteiger partial charge in [0.25, 0.3) is 0 Å². The average molecular weight is 320 g/mol. The highest BCUT2D eigenvalue weighted by Crippen LogP contribution is 2.28. The quantitative estimate of drug-likeness (QED) is 0.802. The van der Waals surface area contributed by atoms with E-state index in [0.29, 0.717) is 6.04 Å². The normalized spacial score (nSPS) is 17.9. The van der Waals surface area contributed by atoms with Crippen molar-refractivity contribution in [3.8, 4) is 0 Å². The molecule has 2 aromatic carbocycles. The topological polar surface area (TPSA) is 6.48 Å². The summed E-state index contributed by atoms with van der Waals surface area (Å²) in [4.78, 5) is 4.94. The molecule has 0 bridgehead atoms. The van der Waals surface area contributed by atoms with E-state index in [-0.39, 0.29) is 0 Å². The van der Waals surface area contributed by atoms with Crippen LogP contribution in [0.5, 0.6) is 0 Å². The fraction of sp³-hybridized carbons (Fsp3) is 0.364. The lowest BCUT2D eigenvalue weighted by Crippen LogP contribution is -2.51. The summed E-state index contributed by atoms with van der Waals surface area (Å²) in [5.74, 6) is 0. The van der Waals surface area contributed by atoms with Crippen molar-refractivity contribution >= 4 is 11.4 Å². The van der Waals surface area contributed by atoms with Crippen molar-refractivity contribution in [2.45, 2.75) is 33.7 Å². The Morgan fingerprint density at radius 3 is 2.29 bits per heavy atom. The zero-order valence-electron chi connectivity index (χ0n) is 15.3. The molecule has 0 spiro atoms. The number of anilines is 1. The van der Waals surface area contributed by atoms with Crippen molar-refractivity contribution in [1.29, 1.82) is 0 Å². The smallest absolute Gasteiger partial charge is 0.0437 e. The largest absolute Gasteiger partial charge is 0.368 e. The van der Waals surface area contributed by atoms with Crippen molar-refractivity contribution in [1.82, 2.24) is 4.90 Å². The maximum atomic E-state index is 4.42. The molecule has 1 saturated heterocycles. The summed E-state index contributed by atoms with van der Waals surface area (Å²) < 4.78 is 0. The Hall–Kier alpha value is -2.22. The second-order valence-electron chi connectivity index (χ2n) is 7.02. The number of aryl methyl sites for hydroxylation is 3. The van der Waals surface area contributed by atoms with Gasteiger partial charge in [0, 0.05) is 42.6 Å². The maximum absolute atomic E-state index is 4.42. The zero-order valence-corrected chi connectivity index (χ0v) is 15.3. The maximum Gasteiger partial charge on any atom is 0.0437 e. The number of hydrogen-bond donors (Lipinski definition) is 0. The second kappa shape index (κ2) is 6.72. The molecule has 2 heteroatoms. The van der Waals surface area contributed by atoms with E-state index in [2.05, 4.69) is 86.5 Å². The number of hydrogen-bond acceptors (Lipinski definition) is 2. The van der Waals surface area contributed by atoms with Crippen LogP contribution in [0.2, 0.25) is 0 Å². The Labute approximate surface area is 146 Å². The Bertz CT molecular complexity index is 733. The van der Waals surface area contributed by atoms with Crippen molar-refractivity contribution in [3.63, 3.8) is 0 Å². The predicted octanol–water partition coefficient (Wildman–Crippen LogP) is 4.79. The van der Waals surface area contributed by atoms with Crippen LogP contribution < -0.4 is 4.90 Å². The van der Waals surface area contributed by atoms with Crippen LogP contribution in [-0.4, -0.2) is 30.6 Å². The van der Waals surface area contributed by atoms with Crippen LogP contribution >= 0.6 is 0 Å². The lowest BCUT2D eigenvalue weighted by Gasteiger charge is -2.43. The van der Waals surface area contributed by atoms with Crippen LogP contribution in [0, 0.1) is 20.8 Å². The first-order valence-electron chi connectivity index (χ1n) is 8.81. The molecule has 0 radical (unpaired) electrons. The summed E-state index contributed by atoms with van der Waals surface area (Å²) >= 11 is 0. The minimum atomic E-state index is 0.477. The summed E-state index contributed by atoms with van der Waals surface area (Å²) in [5.41, 5.74) is 7.78. The van der Waals surface area contributed by atoms with E-state index in [4.69, 9.17) is 0 Å². The highest BCUT2D eigenvalue weighted by atomic mass is 15.3. The van der Waals surface area contributed by atoms with E-state index in [1.807, 2.05) is 0 Å². The fourth-order valence-electron chi connectivity index (χ4n) is 3.65. The van der Waals surface area contributed by atoms with Crippen LogP contribution in [0.3, 0.4) is 0 Å². The fourth-order valence-corrected chi connectivity index (χ4v) is 3.65. The Kier molecular flexibility index (Phi) is 4.66. The molecular weight excluding hydrogens is 292 g/mol. The second-order valence-corrected chi connectivity index (χ2v) is 7.02. The first kappa shape index (κ1) is 16.6. The monoisotopic (exact) mass is 320 g/mol. The number of piperazine rings is 1. The minimum Gasteiger partial charge on any atom is -0.368 e. The van der Waals surface area contributed by atoms with E-state index in [0.717, 1.165) is 25.3 Å². The summed E-state index contributed by atoms with van der Waals surface area (Å²) in [6, 6.07) is 15.8. The van der Waals surface area contributed by atoms with Gasteiger partial charge in [0.2, 0.25) is 0 Å². The average Bonchev–Trinajstić information content (AvgIpc) is 2.58. The molecule has 1 atom stereocenters. The van der Waals surface area contributed by atoms with Gasteiger partial charge in [0.05, 0.1) is 0 Å². The summed E-state index contributed by atoms with van der Waals surface area (Å²) in [6.07, 6.45) is 0. The lowest BCUT2D eigenvalue weighted by atomic mass is 9.98. The SMILES string of the molecule is C=C(c1cc(C)c(C)cc1C)N1CCN(c2ccccc2)C(C)C1. The van der Waals surface area contributed by atoms with E-state index in [1.165, 1.54) is 27.9 Å². The molecule has 126 valence electrons. The molecule has 1 unspecified atom stereocenters. The van der Waals surface area contributed by atoms with Gasteiger partial charge in [0.1, 0.15) is 0 Å². The number of benzene rings is 2. The molecule has 2 nitrogen and oxygen atoms in total. The molecule has 1 fully saturated rings. The molecule has 3 rings (SSSR count). The zero-order chi connectivity index (χ0) is 17.3. The molecule has 1 aliphatic heterocycles. The Morgan fingerprint density at radius 2 is 1.62 bits per heavy atom. The first-order chi connectivity index (χ1) is 11.5. The molecule has 0 aliphatic carbocycles. The van der Waals surface area contributed by atoms with Crippen molar-refractivity contribution in [3.05, 3.63) is 71.3 Å². The molecule has 0 amide bonds. The van der Waals surface area contributed by atoms with Gasteiger partial charge in [-0.25, -0.2) is 0 Å². The van der Waals surface area contributed by atoms with Gasteiger partial charge < -0.3 is 9.80 Å². The van der Waals surface area contributed by atoms with Crippen molar-refractivity contribution in [2.24, 2.45) is 0 Å². The summed E-state index contributed by atoms with van der Waals surface area (Å²) in [7, 11) is 0. The van der Waals surface area contributed by atoms with Gasteiger partial charge in [-0.2, -0.15) is 0 Å². The van der Waals surface area contributed by atoms with Crippen LogP contribution in [0.1, 0.15) is 29.2 Å². The number of para-hydroxylation sites is 1. The third-order valence-corrected chi connectivity index (χ3v) is 5.25. The highest BCUT2D eigenvalue weighted by Gasteiger charge is 2.25. The summed E-state index contributed by atoms with van der Waals surface area (Å²) in [6.45, 7) is 16.3. The minimum absolute atomic E-state index is 0.477. The molecule has 0 saturated carbocycles. The third-order valence-electron chi connectivity index (χ3n) is 5.25. The van der Waals surface area contributed by atoms with Crippen LogP contribution in [0.15, 0.2) is 49.0 Å². The van der Waals surface area contributed by atoms with Crippen molar-refractivity contribution in [2.75, 3.05) is 24.5 Å². The number of nitrogens with zero attached hydrogens (tertiary/aromatic N) is 2. The van der Waals surface area contributed by atoms with Gasteiger partial charge in [0.15, 0.2) is 0 Å². The van der Waals surface area contributed by atoms with Crippen LogP contribution in [0.25, 0.3) is 5.70 Å². The number of rotatable bonds is 3. The van der Waals surface area contributed by atoms with Gasteiger partial charge in [-0.05, 0) is 62.6 Å². The van der Waals surface area contributed by atoms with Gasteiger partial charge >= 0.3 is 0 Å². The molecule has 0 aromatic heterocycles. The predicted molar refractivity (Wildman–Crippen MR) is 105 cm³/mol. The van der Waals surface area contributed by atoms with E-state index in [1.54, 1.807) is 0 Å². The highest BCUT2D eigenvalue weighted by molar-refractivity contribution is 5.66. The van der Waals surface area contributed by atoms with Gasteiger partial charge in [-0.3, -0.25) is 0 Å². The molecule has 1 aliphatic rings. The van der Waals surface area contributed by atoms with Gasteiger partial charge in [-0.1, -0.05) is 30.8 Å². The standard InChI is InChI=1S/C22H28N2/c1-16-13-18(3)22(14-17(16)2)20(5)23-11-12-24(19(4)15-23)21-9-7-6-8-10-21/h6-10,13-14,19H,5,11-12,15H2,1-4H3. The van der Waals surface area contributed by atoms with Crippen LogP contribution in [0.4, 0.5) is 5.69 Å². The van der Waals surface area contributed by atoms with E-state index in [9.17, 15) is 0 Å². The van der Waals surface area contributed by atoms with Crippen LogP contribution in [-0.2, 0) is 0 Å². The summed E-state index contributed by atoms with van der Waals surface area (Å²) in [5, 5.41) is 0. The van der Waals surface area contributed by atoms with E-state index >= 15 is 0 Å². The van der Waals surface area contributed by atoms with E-state index < -0.39 is 0 Å². The van der Waals surface area contributed by atoms with Gasteiger partial charge in [-0.15, -0.1) is 0 Å². The first-order valence-corrected chi connectivity index (χ1v) is 8.81. The molecule has 2 aromatic rings. The third kappa shape index (κ3) is 3.19. The molecule has 24 heavy (non-hydrogen) atoms. The lowest BCUT2D eigenvalue weighted by molar-refractivity contribution is 0.323. The molecular formula is C22H28N2.